The first-order valence-corrected chi connectivity index (χ1v) is 10.3. The zero-order valence-electron chi connectivity index (χ0n) is 17.7. The maximum atomic E-state index is 13.0. The van der Waals surface area contributed by atoms with E-state index in [1.165, 1.54) is 11.8 Å². The van der Waals surface area contributed by atoms with Crippen LogP contribution in [0.15, 0.2) is 60.7 Å². The number of amides is 1. The lowest BCUT2D eigenvalue weighted by atomic mass is 10.1. The van der Waals surface area contributed by atoms with Crippen molar-refractivity contribution < 1.29 is 19.1 Å². The Labute approximate surface area is 179 Å². The van der Waals surface area contributed by atoms with Gasteiger partial charge in [-0.1, -0.05) is 79.9 Å². The molecule has 2 rings (SSSR count). The molecule has 0 fully saturated rings. The molecular weight excluding hydrogens is 378 g/mol. The lowest BCUT2D eigenvalue weighted by Gasteiger charge is -2.28. The third kappa shape index (κ3) is 8.00. The van der Waals surface area contributed by atoms with Gasteiger partial charge in [-0.25, -0.2) is 4.79 Å². The van der Waals surface area contributed by atoms with Crippen molar-refractivity contribution in [3.63, 3.8) is 0 Å². The second-order valence-corrected chi connectivity index (χ2v) is 6.81. The molecule has 5 nitrogen and oxygen atoms in total. The van der Waals surface area contributed by atoms with Crippen LogP contribution < -0.4 is 0 Å². The molecule has 2 aromatic carbocycles. The van der Waals surface area contributed by atoms with E-state index in [4.69, 9.17) is 9.47 Å². The molecule has 2 aromatic rings. The van der Waals surface area contributed by atoms with Crippen molar-refractivity contribution in [2.24, 2.45) is 0 Å². The van der Waals surface area contributed by atoms with Gasteiger partial charge in [-0.3, -0.25) is 9.69 Å². The highest BCUT2D eigenvalue weighted by molar-refractivity contribution is 5.69. The van der Waals surface area contributed by atoms with Crippen LogP contribution in [-0.2, 0) is 20.9 Å². The molecule has 1 unspecified atom stereocenters. The third-order valence-corrected chi connectivity index (χ3v) is 4.40. The Morgan fingerprint density at radius 2 is 1.67 bits per heavy atom. The van der Waals surface area contributed by atoms with Gasteiger partial charge < -0.3 is 9.47 Å². The average molecular weight is 408 g/mol. The summed E-state index contributed by atoms with van der Waals surface area (Å²) in [6, 6.07) is 18.6. The monoisotopic (exact) mass is 407 g/mol. The maximum absolute atomic E-state index is 13.0. The summed E-state index contributed by atoms with van der Waals surface area (Å²) in [6.45, 7) is 3.89. The lowest BCUT2D eigenvalue weighted by Crippen LogP contribution is -2.37. The Hall–Kier alpha value is -3.26. The van der Waals surface area contributed by atoms with E-state index in [1.807, 2.05) is 60.7 Å². The van der Waals surface area contributed by atoms with Crippen LogP contribution in [0.2, 0.25) is 0 Å². The van der Waals surface area contributed by atoms with E-state index in [-0.39, 0.29) is 19.8 Å². The van der Waals surface area contributed by atoms with E-state index in [9.17, 15) is 9.59 Å². The molecule has 0 aliphatic rings. The zero-order chi connectivity index (χ0) is 21.6. The van der Waals surface area contributed by atoms with Gasteiger partial charge >= 0.3 is 12.1 Å². The normalized spacial score (nSPS) is 11.0. The number of carbonyl (C=O) groups is 2. The highest BCUT2D eigenvalue weighted by atomic mass is 16.6. The van der Waals surface area contributed by atoms with Crippen LogP contribution in [0.1, 0.15) is 50.3 Å². The molecule has 158 valence electrons. The van der Waals surface area contributed by atoms with Crippen LogP contribution in [0.5, 0.6) is 0 Å². The van der Waals surface area contributed by atoms with Gasteiger partial charge in [0.25, 0.3) is 0 Å². The molecule has 0 saturated carbocycles. The van der Waals surface area contributed by atoms with Crippen molar-refractivity contribution in [1.82, 2.24) is 4.90 Å². The molecule has 0 radical (unpaired) electrons. The van der Waals surface area contributed by atoms with Crippen molar-refractivity contribution in [3.05, 3.63) is 71.8 Å². The minimum absolute atomic E-state index is 0.0791. The number of rotatable bonds is 9. The molecule has 1 atom stereocenters. The van der Waals surface area contributed by atoms with Gasteiger partial charge in [0.2, 0.25) is 0 Å². The fourth-order valence-corrected chi connectivity index (χ4v) is 2.83. The van der Waals surface area contributed by atoms with Crippen molar-refractivity contribution >= 4 is 12.1 Å². The Morgan fingerprint density at radius 3 is 2.30 bits per heavy atom. The van der Waals surface area contributed by atoms with Gasteiger partial charge in [-0.05, 0) is 17.5 Å². The number of ether oxygens (including phenoxy) is 2. The van der Waals surface area contributed by atoms with Crippen molar-refractivity contribution in [2.75, 3.05) is 13.2 Å². The fourth-order valence-electron chi connectivity index (χ4n) is 2.83. The maximum Gasteiger partial charge on any atom is 0.411 e. The van der Waals surface area contributed by atoms with Crippen LogP contribution in [0, 0.1) is 11.8 Å². The van der Waals surface area contributed by atoms with Crippen LogP contribution in [0.25, 0.3) is 0 Å². The molecular formula is C25H29NO4. The zero-order valence-corrected chi connectivity index (χ0v) is 17.7. The molecule has 0 heterocycles. The Balaban J connectivity index is 2.22. The van der Waals surface area contributed by atoms with Crippen LogP contribution in [-0.4, -0.2) is 30.1 Å². The predicted molar refractivity (Wildman–Crippen MR) is 116 cm³/mol. The van der Waals surface area contributed by atoms with E-state index in [1.54, 1.807) is 0 Å². The summed E-state index contributed by atoms with van der Waals surface area (Å²) in [5.41, 5.74) is 1.79. The van der Waals surface area contributed by atoms with E-state index in [2.05, 4.69) is 18.8 Å². The minimum Gasteiger partial charge on any atom is -0.464 e. The van der Waals surface area contributed by atoms with Crippen molar-refractivity contribution in [3.8, 4) is 11.8 Å². The molecule has 30 heavy (non-hydrogen) atoms. The largest absolute Gasteiger partial charge is 0.464 e. The number of carbonyl (C=O) groups excluding carboxylic acids is 2. The van der Waals surface area contributed by atoms with Gasteiger partial charge in [-0.15, -0.1) is 5.92 Å². The highest BCUT2D eigenvalue weighted by Crippen LogP contribution is 2.21. The Bertz CT molecular complexity index is 840. The van der Waals surface area contributed by atoms with Crippen LogP contribution in [0.4, 0.5) is 4.79 Å². The van der Waals surface area contributed by atoms with E-state index < -0.39 is 18.1 Å². The molecule has 0 N–H and O–H groups in total. The van der Waals surface area contributed by atoms with Crippen LogP contribution in [0.3, 0.4) is 0 Å². The molecule has 0 aliphatic heterocycles. The van der Waals surface area contributed by atoms with Crippen molar-refractivity contribution in [1.29, 1.82) is 0 Å². The molecule has 0 spiro atoms. The van der Waals surface area contributed by atoms with Gasteiger partial charge in [0.05, 0.1) is 6.54 Å². The lowest BCUT2D eigenvalue weighted by molar-refractivity contribution is -0.141. The number of nitrogens with zero attached hydrogens (tertiary/aromatic N) is 1. The van der Waals surface area contributed by atoms with Crippen LogP contribution >= 0.6 is 0 Å². The average Bonchev–Trinajstić information content (AvgIpc) is 2.77. The first-order valence-electron chi connectivity index (χ1n) is 10.3. The predicted octanol–water partition coefficient (Wildman–Crippen LogP) is 5.12. The molecule has 0 bridgehead atoms. The van der Waals surface area contributed by atoms with Crippen molar-refractivity contribution in [2.45, 2.75) is 45.8 Å². The molecule has 0 aliphatic carbocycles. The summed E-state index contributed by atoms with van der Waals surface area (Å²) in [5.74, 6) is 6.02. The Kier molecular flexibility index (Phi) is 10.0. The summed E-state index contributed by atoms with van der Waals surface area (Å²) in [5, 5.41) is 0. The number of hydrogen-bond acceptors (Lipinski definition) is 4. The summed E-state index contributed by atoms with van der Waals surface area (Å²) in [7, 11) is 0. The Morgan fingerprint density at radius 1 is 1.00 bits per heavy atom. The fraction of sp³-hybridized carbons (Fsp3) is 0.360. The number of unbranched alkanes of at least 4 members (excludes halogenated alkanes) is 2. The van der Waals surface area contributed by atoms with E-state index in [0.717, 1.165) is 30.4 Å². The van der Waals surface area contributed by atoms with Gasteiger partial charge in [0, 0.05) is 13.3 Å². The molecule has 5 heteroatoms. The summed E-state index contributed by atoms with van der Waals surface area (Å²) in [6.07, 6.45) is 2.32. The quantitative estimate of drug-likeness (QED) is 0.329. The van der Waals surface area contributed by atoms with Gasteiger partial charge in [-0.2, -0.15) is 0 Å². The summed E-state index contributed by atoms with van der Waals surface area (Å²) >= 11 is 0. The first-order chi connectivity index (χ1) is 14.6. The first kappa shape index (κ1) is 23.0. The SMILES string of the molecule is CCCCC#CC(c1ccccc1)N(CCOC(C)=O)C(=O)OCc1ccccc1. The van der Waals surface area contributed by atoms with E-state index >= 15 is 0 Å². The van der Waals surface area contributed by atoms with Gasteiger partial charge in [0.15, 0.2) is 0 Å². The minimum atomic E-state index is -0.496. The number of hydrogen-bond donors (Lipinski definition) is 0. The van der Waals surface area contributed by atoms with E-state index in [0.29, 0.717) is 0 Å². The standard InChI is InChI=1S/C25H29NO4/c1-3-4-5-12-17-24(23-15-10-7-11-16-23)26(18-19-29-21(2)27)25(28)30-20-22-13-8-6-9-14-22/h6-11,13-16,24H,3-5,18-20H2,1-2H3. The molecule has 1 amide bonds. The topological polar surface area (TPSA) is 55.8 Å². The van der Waals surface area contributed by atoms with Gasteiger partial charge in [0.1, 0.15) is 19.3 Å². The third-order valence-electron chi connectivity index (χ3n) is 4.40. The molecule has 0 saturated heterocycles. The second kappa shape index (κ2) is 13.1. The second-order valence-electron chi connectivity index (χ2n) is 6.81. The highest BCUT2D eigenvalue weighted by Gasteiger charge is 2.25. The summed E-state index contributed by atoms with van der Waals surface area (Å²) < 4.78 is 10.6. The smallest absolute Gasteiger partial charge is 0.411 e. The summed E-state index contributed by atoms with van der Waals surface area (Å²) in [4.78, 5) is 25.7. The number of esters is 1. The number of benzene rings is 2. The molecule has 0 aromatic heterocycles.